The molecule has 0 aliphatic heterocycles. The third-order valence-corrected chi connectivity index (χ3v) is 9.84. The fourth-order valence-electron chi connectivity index (χ4n) is 5.62. The second-order valence-electron chi connectivity index (χ2n) is 11.1. The number of carbonyl (C=O) groups excluding carboxylic acids is 2. The highest BCUT2D eigenvalue weighted by Gasteiger charge is 2.35. The van der Waals surface area contributed by atoms with E-state index in [1.807, 2.05) is 32.0 Å². The lowest BCUT2D eigenvalue weighted by molar-refractivity contribution is -0.140. The molecule has 44 heavy (non-hydrogen) atoms. The minimum atomic E-state index is -4.21. The lowest BCUT2D eigenvalue weighted by Crippen LogP contribution is -2.54. The van der Waals surface area contributed by atoms with Crippen LogP contribution in [0.25, 0.3) is 0 Å². The Hall–Kier alpha value is -4.05. The third kappa shape index (κ3) is 7.91. The van der Waals surface area contributed by atoms with Crippen LogP contribution in [0.4, 0.5) is 5.69 Å². The van der Waals surface area contributed by atoms with E-state index in [1.54, 1.807) is 49.6 Å². The van der Waals surface area contributed by atoms with Gasteiger partial charge >= 0.3 is 0 Å². The zero-order valence-corrected chi connectivity index (χ0v) is 26.8. The molecule has 3 aromatic carbocycles. The lowest BCUT2D eigenvalue weighted by atomic mass is 9.95. The molecule has 9 nitrogen and oxygen atoms in total. The molecule has 236 valence electrons. The predicted octanol–water partition coefficient (Wildman–Crippen LogP) is 5.46. The summed E-state index contributed by atoms with van der Waals surface area (Å²) in [7, 11) is -1.19. The van der Waals surface area contributed by atoms with Crippen molar-refractivity contribution in [1.29, 1.82) is 0 Å². The summed E-state index contributed by atoms with van der Waals surface area (Å²) in [4.78, 5) is 29.6. The number of sulfonamides is 1. The van der Waals surface area contributed by atoms with Crippen LogP contribution in [-0.2, 0) is 26.2 Å². The van der Waals surface area contributed by atoms with Crippen LogP contribution in [0, 0.1) is 6.92 Å². The van der Waals surface area contributed by atoms with Crippen LogP contribution >= 0.6 is 0 Å². The summed E-state index contributed by atoms with van der Waals surface area (Å²) in [5.41, 5.74) is 1.89. The number of ether oxygens (including phenoxy) is 2. The molecular weight excluding hydrogens is 578 g/mol. The Labute approximate surface area is 261 Å². The number of rotatable bonds is 13. The normalized spacial score (nSPS) is 14.4. The van der Waals surface area contributed by atoms with E-state index in [1.165, 1.54) is 24.1 Å². The van der Waals surface area contributed by atoms with Crippen molar-refractivity contribution in [1.82, 2.24) is 10.2 Å². The van der Waals surface area contributed by atoms with Crippen LogP contribution in [0.15, 0.2) is 77.7 Å². The van der Waals surface area contributed by atoms with E-state index in [2.05, 4.69) is 5.32 Å². The molecular formula is C34H43N3O6S. The maximum absolute atomic E-state index is 14.4. The summed E-state index contributed by atoms with van der Waals surface area (Å²) >= 11 is 0. The van der Waals surface area contributed by atoms with Crippen molar-refractivity contribution in [3.8, 4) is 11.5 Å². The van der Waals surface area contributed by atoms with E-state index >= 15 is 0 Å². The van der Waals surface area contributed by atoms with E-state index in [-0.39, 0.29) is 29.1 Å². The first-order valence-electron chi connectivity index (χ1n) is 15.1. The Balaban J connectivity index is 1.74. The van der Waals surface area contributed by atoms with Crippen LogP contribution in [0.5, 0.6) is 11.5 Å². The van der Waals surface area contributed by atoms with Gasteiger partial charge in [0.05, 0.1) is 24.8 Å². The van der Waals surface area contributed by atoms with Crippen molar-refractivity contribution in [2.24, 2.45) is 0 Å². The van der Waals surface area contributed by atoms with Crippen LogP contribution in [0.1, 0.15) is 56.6 Å². The van der Waals surface area contributed by atoms with E-state index < -0.39 is 28.5 Å². The largest absolute Gasteiger partial charge is 0.497 e. The quantitative estimate of drug-likeness (QED) is 0.272. The monoisotopic (exact) mass is 621 g/mol. The number of methoxy groups -OCH3 is 2. The van der Waals surface area contributed by atoms with Crippen molar-refractivity contribution in [2.45, 2.75) is 75.9 Å². The zero-order chi connectivity index (χ0) is 31.7. The van der Waals surface area contributed by atoms with Crippen LogP contribution < -0.4 is 19.1 Å². The summed E-state index contributed by atoms with van der Waals surface area (Å²) in [6.45, 7) is 3.29. The standard InChI is InChI=1S/C34H43N3O6S/c1-5-30(34(39)35-27-13-7-6-8-14-27)36(23-26-12-11-15-28(22-26)42-3)33(38)24-37(31-16-9-10-17-32(31)43-4)44(40,41)29-20-18-25(2)19-21-29/h9-12,15-22,27,30H,5-8,13-14,23-24H2,1-4H3,(H,35,39)/t30-/m0/s1. The number of amides is 2. The minimum absolute atomic E-state index is 0.0447. The van der Waals surface area contributed by atoms with E-state index in [0.29, 0.717) is 17.9 Å². The number of nitrogens with zero attached hydrogens (tertiary/aromatic N) is 2. The maximum atomic E-state index is 14.4. The van der Waals surface area contributed by atoms with Crippen molar-refractivity contribution >= 4 is 27.5 Å². The Bertz CT molecular complexity index is 1520. The number of aryl methyl sites for hydroxylation is 1. The molecule has 3 aromatic rings. The van der Waals surface area contributed by atoms with E-state index in [0.717, 1.165) is 47.5 Å². The highest BCUT2D eigenvalue weighted by molar-refractivity contribution is 7.92. The number of benzene rings is 3. The van der Waals surface area contributed by atoms with Crippen molar-refractivity contribution < 1.29 is 27.5 Å². The van der Waals surface area contributed by atoms with Gasteiger partial charge in [-0.3, -0.25) is 13.9 Å². The number of hydrogen-bond acceptors (Lipinski definition) is 6. The molecule has 0 bridgehead atoms. The van der Waals surface area contributed by atoms with Gasteiger partial charge in [0, 0.05) is 12.6 Å². The van der Waals surface area contributed by atoms with Gasteiger partial charge in [0.15, 0.2) is 0 Å². The van der Waals surface area contributed by atoms with Crippen LogP contribution in [0.3, 0.4) is 0 Å². The predicted molar refractivity (Wildman–Crippen MR) is 171 cm³/mol. The van der Waals surface area contributed by atoms with Gasteiger partial charge in [0.1, 0.15) is 24.1 Å². The molecule has 0 spiro atoms. The molecule has 0 heterocycles. The first-order chi connectivity index (χ1) is 21.2. The number of carbonyl (C=O) groups is 2. The molecule has 0 radical (unpaired) electrons. The van der Waals surface area contributed by atoms with Gasteiger partial charge in [-0.05, 0) is 68.1 Å². The Morgan fingerprint density at radius 3 is 2.30 bits per heavy atom. The molecule has 1 atom stereocenters. The molecule has 0 saturated heterocycles. The fraction of sp³-hybridized carbons (Fsp3) is 0.412. The summed E-state index contributed by atoms with van der Waals surface area (Å²) < 4.78 is 40.3. The van der Waals surface area contributed by atoms with Gasteiger partial charge in [-0.15, -0.1) is 0 Å². The topological polar surface area (TPSA) is 105 Å². The first kappa shape index (κ1) is 32.9. The smallest absolute Gasteiger partial charge is 0.264 e. The molecule has 1 N–H and O–H groups in total. The summed E-state index contributed by atoms with van der Waals surface area (Å²) in [5.74, 6) is 0.172. The molecule has 4 rings (SSSR count). The number of hydrogen-bond donors (Lipinski definition) is 1. The molecule has 0 aromatic heterocycles. The van der Waals surface area contributed by atoms with Gasteiger partial charge < -0.3 is 19.7 Å². The van der Waals surface area contributed by atoms with Crippen molar-refractivity contribution in [3.05, 3.63) is 83.9 Å². The highest BCUT2D eigenvalue weighted by atomic mass is 32.2. The highest BCUT2D eigenvalue weighted by Crippen LogP contribution is 2.33. The number of para-hydroxylation sites is 2. The van der Waals surface area contributed by atoms with E-state index in [4.69, 9.17) is 9.47 Å². The van der Waals surface area contributed by atoms with Gasteiger partial charge in [-0.1, -0.05) is 68.1 Å². The average Bonchev–Trinajstić information content (AvgIpc) is 3.04. The Kier molecular flexibility index (Phi) is 11.3. The van der Waals surface area contributed by atoms with Gasteiger partial charge in [-0.25, -0.2) is 8.42 Å². The molecule has 2 amide bonds. The SMILES string of the molecule is CC[C@@H](C(=O)NC1CCCCC1)N(Cc1cccc(OC)c1)C(=O)CN(c1ccccc1OC)S(=O)(=O)c1ccc(C)cc1. The Morgan fingerprint density at radius 2 is 1.64 bits per heavy atom. The minimum Gasteiger partial charge on any atom is -0.497 e. The Morgan fingerprint density at radius 1 is 0.932 bits per heavy atom. The number of anilines is 1. The molecule has 0 unspecified atom stereocenters. The molecule has 1 aliphatic rings. The molecule has 1 aliphatic carbocycles. The van der Waals surface area contributed by atoms with Gasteiger partial charge in [0.2, 0.25) is 11.8 Å². The van der Waals surface area contributed by atoms with Crippen LogP contribution in [-0.4, -0.2) is 58.0 Å². The average molecular weight is 622 g/mol. The second-order valence-corrected chi connectivity index (χ2v) is 13.0. The summed E-state index contributed by atoms with van der Waals surface area (Å²) in [6, 6.07) is 19.7. The maximum Gasteiger partial charge on any atom is 0.264 e. The third-order valence-electron chi connectivity index (χ3n) is 8.07. The summed E-state index contributed by atoms with van der Waals surface area (Å²) in [5, 5.41) is 3.17. The molecule has 10 heteroatoms. The lowest BCUT2D eigenvalue weighted by Gasteiger charge is -2.34. The van der Waals surface area contributed by atoms with E-state index in [9.17, 15) is 18.0 Å². The molecule has 1 fully saturated rings. The van der Waals surface area contributed by atoms with Gasteiger partial charge in [-0.2, -0.15) is 0 Å². The summed E-state index contributed by atoms with van der Waals surface area (Å²) in [6.07, 6.45) is 5.43. The van der Waals surface area contributed by atoms with Crippen molar-refractivity contribution in [2.75, 3.05) is 25.1 Å². The van der Waals surface area contributed by atoms with Crippen LogP contribution in [0.2, 0.25) is 0 Å². The molecule has 1 saturated carbocycles. The first-order valence-corrected chi connectivity index (χ1v) is 16.6. The van der Waals surface area contributed by atoms with Crippen molar-refractivity contribution in [3.63, 3.8) is 0 Å². The second kappa shape index (κ2) is 15.1. The zero-order valence-electron chi connectivity index (χ0n) is 26.0. The number of nitrogens with one attached hydrogen (secondary N) is 1. The van der Waals surface area contributed by atoms with Gasteiger partial charge in [0.25, 0.3) is 10.0 Å². The fourth-order valence-corrected chi connectivity index (χ4v) is 7.04.